The minimum atomic E-state index is 0.209. The summed E-state index contributed by atoms with van der Waals surface area (Å²) in [6.07, 6.45) is 3.50. The van der Waals surface area contributed by atoms with Crippen molar-refractivity contribution in [3.8, 4) is 0 Å². The zero-order chi connectivity index (χ0) is 9.84. The number of hydrogen-bond acceptors (Lipinski definition) is 1. The summed E-state index contributed by atoms with van der Waals surface area (Å²) in [5.41, 5.74) is 1.96. The third-order valence-corrected chi connectivity index (χ3v) is 2.52. The van der Waals surface area contributed by atoms with Crippen LogP contribution in [-0.4, -0.2) is 10.8 Å². The Hall–Kier alpha value is -1.05. The van der Waals surface area contributed by atoms with Gasteiger partial charge >= 0.3 is 0 Å². The molecular weight excluding hydrogens is 162 g/mol. The Kier molecular flexibility index (Phi) is 3.29. The van der Waals surface area contributed by atoms with Gasteiger partial charge in [0.2, 0.25) is 0 Å². The molecule has 1 unspecified atom stereocenters. The molecule has 0 amide bonds. The van der Waals surface area contributed by atoms with Crippen molar-refractivity contribution in [2.24, 2.45) is 0 Å². The highest BCUT2D eigenvalue weighted by Crippen LogP contribution is 2.22. The average molecular weight is 179 g/mol. The van der Waals surface area contributed by atoms with Gasteiger partial charge < -0.3 is 4.98 Å². The van der Waals surface area contributed by atoms with Gasteiger partial charge in [0.15, 0.2) is 5.78 Å². The third kappa shape index (κ3) is 2.00. The van der Waals surface area contributed by atoms with Crippen LogP contribution >= 0.6 is 0 Å². The Labute approximate surface area is 79.4 Å². The Bertz CT molecular complexity index is 288. The lowest BCUT2D eigenvalue weighted by Gasteiger charge is -2.08. The molecule has 0 aliphatic carbocycles. The van der Waals surface area contributed by atoms with E-state index in [0.29, 0.717) is 12.3 Å². The van der Waals surface area contributed by atoms with Crippen molar-refractivity contribution in [1.29, 1.82) is 0 Å². The molecule has 1 heterocycles. The lowest BCUT2D eigenvalue weighted by molar-refractivity contribution is 0.0982. The van der Waals surface area contributed by atoms with Crippen LogP contribution in [0.2, 0.25) is 0 Å². The summed E-state index contributed by atoms with van der Waals surface area (Å²) in [6.45, 7) is 6.18. The minimum Gasteiger partial charge on any atom is -0.359 e. The molecule has 0 fully saturated rings. The van der Waals surface area contributed by atoms with Crippen LogP contribution in [0, 0.1) is 0 Å². The standard InChI is InChI=1S/C11H17NO/c1-4-8(3)9-6-7-12-11(9)10(13)5-2/h6-8,12H,4-5H2,1-3H3. The Morgan fingerprint density at radius 1 is 1.54 bits per heavy atom. The fourth-order valence-electron chi connectivity index (χ4n) is 1.43. The van der Waals surface area contributed by atoms with E-state index in [9.17, 15) is 4.79 Å². The van der Waals surface area contributed by atoms with Crippen molar-refractivity contribution in [3.63, 3.8) is 0 Å². The second kappa shape index (κ2) is 4.26. The summed E-state index contributed by atoms with van der Waals surface area (Å²) in [5.74, 6) is 0.678. The zero-order valence-corrected chi connectivity index (χ0v) is 8.55. The van der Waals surface area contributed by atoms with E-state index in [1.54, 1.807) is 0 Å². The summed E-state index contributed by atoms with van der Waals surface area (Å²) >= 11 is 0. The fraction of sp³-hybridized carbons (Fsp3) is 0.545. The van der Waals surface area contributed by atoms with Gasteiger partial charge in [-0.25, -0.2) is 0 Å². The zero-order valence-electron chi connectivity index (χ0n) is 8.55. The molecule has 72 valence electrons. The number of H-pyrrole nitrogens is 1. The number of rotatable bonds is 4. The molecule has 1 N–H and O–H groups in total. The van der Waals surface area contributed by atoms with E-state index in [1.807, 2.05) is 19.2 Å². The summed E-state index contributed by atoms with van der Waals surface area (Å²) in [5, 5.41) is 0. The SMILES string of the molecule is CCC(=O)c1[nH]ccc1C(C)CC. The number of carbonyl (C=O) groups excluding carboxylic acids is 1. The first-order valence-electron chi connectivity index (χ1n) is 4.91. The second-order valence-electron chi connectivity index (χ2n) is 3.39. The van der Waals surface area contributed by atoms with Gasteiger partial charge in [-0.2, -0.15) is 0 Å². The van der Waals surface area contributed by atoms with Crippen LogP contribution in [0.5, 0.6) is 0 Å². The fourth-order valence-corrected chi connectivity index (χ4v) is 1.43. The smallest absolute Gasteiger partial charge is 0.179 e. The maximum Gasteiger partial charge on any atom is 0.179 e. The van der Waals surface area contributed by atoms with Gasteiger partial charge in [0.25, 0.3) is 0 Å². The van der Waals surface area contributed by atoms with E-state index in [2.05, 4.69) is 18.8 Å². The third-order valence-electron chi connectivity index (χ3n) is 2.52. The van der Waals surface area contributed by atoms with Crippen LogP contribution in [0.4, 0.5) is 0 Å². The first-order valence-corrected chi connectivity index (χ1v) is 4.91. The topological polar surface area (TPSA) is 32.9 Å². The number of hydrogen-bond donors (Lipinski definition) is 1. The molecule has 1 aromatic heterocycles. The molecule has 0 spiro atoms. The van der Waals surface area contributed by atoms with E-state index >= 15 is 0 Å². The van der Waals surface area contributed by atoms with Crippen LogP contribution in [0.25, 0.3) is 0 Å². The molecule has 0 radical (unpaired) electrons. The van der Waals surface area contributed by atoms with Gasteiger partial charge in [0, 0.05) is 12.6 Å². The highest BCUT2D eigenvalue weighted by atomic mass is 16.1. The summed E-state index contributed by atoms with van der Waals surface area (Å²) in [4.78, 5) is 14.5. The van der Waals surface area contributed by atoms with Gasteiger partial charge in [0.1, 0.15) is 0 Å². The number of aromatic amines is 1. The van der Waals surface area contributed by atoms with Crippen LogP contribution in [0.1, 0.15) is 55.6 Å². The van der Waals surface area contributed by atoms with Gasteiger partial charge in [-0.1, -0.05) is 20.8 Å². The Morgan fingerprint density at radius 3 is 2.77 bits per heavy atom. The summed E-state index contributed by atoms with van der Waals surface area (Å²) in [6, 6.07) is 2.01. The minimum absolute atomic E-state index is 0.209. The van der Waals surface area contributed by atoms with Crippen LogP contribution in [-0.2, 0) is 0 Å². The van der Waals surface area contributed by atoms with Crippen molar-refractivity contribution in [2.45, 2.75) is 39.5 Å². The molecule has 1 atom stereocenters. The van der Waals surface area contributed by atoms with Gasteiger partial charge in [0.05, 0.1) is 5.69 Å². The molecule has 0 aliphatic rings. The predicted octanol–water partition coefficient (Wildman–Crippen LogP) is 3.12. The van der Waals surface area contributed by atoms with Crippen molar-refractivity contribution < 1.29 is 4.79 Å². The van der Waals surface area contributed by atoms with Crippen molar-refractivity contribution in [3.05, 3.63) is 23.5 Å². The molecule has 0 aromatic carbocycles. The maximum atomic E-state index is 11.5. The molecule has 0 saturated carbocycles. The molecule has 2 nitrogen and oxygen atoms in total. The molecule has 1 aromatic rings. The highest BCUT2D eigenvalue weighted by molar-refractivity contribution is 5.95. The first-order chi connectivity index (χ1) is 6.20. The number of nitrogens with one attached hydrogen (secondary N) is 1. The second-order valence-corrected chi connectivity index (χ2v) is 3.39. The van der Waals surface area contributed by atoms with Crippen molar-refractivity contribution in [2.75, 3.05) is 0 Å². The molecular formula is C11H17NO. The normalized spacial score (nSPS) is 12.8. The van der Waals surface area contributed by atoms with E-state index in [1.165, 1.54) is 0 Å². The Morgan fingerprint density at radius 2 is 2.23 bits per heavy atom. The average Bonchev–Trinajstić information content (AvgIpc) is 2.63. The van der Waals surface area contributed by atoms with Gasteiger partial charge in [-0.05, 0) is 24.0 Å². The number of carbonyl (C=O) groups is 1. The van der Waals surface area contributed by atoms with Crippen LogP contribution in [0.3, 0.4) is 0 Å². The quantitative estimate of drug-likeness (QED) is 0.708. The predicted molar refractivity (Wildman–Crippen MR) is 54.1 cm³/mol. The molecule has 13 heavy (non-hydrogen) atoms. The first kappa shape index (κ1) is 10.0. The van der Waals surface area contributed by atoms with Gasteiger partial charge in [-0.3, -0.25) is 4.79 Å². The van der Waals surface area contributed by atoms with Gasteiger partial charge in [-0.15, -0.1) is 0 Å². The number of Topliss-reactive ketones (excluding diaryl/α,β-unsaturated/α-hetero) is 1. The number of ketones is 1. The molecule has 0 bridgehead atoms. The Balaban J connectivity index is 2.95. The van der Waals surface area contributed by atoms with E-state index in [-0.39, 0.29) is 5.78 Å². The lowest BCUT2D eigenvalue weighted by atomic mass is 9.97. The lowest BCUT2D eigenvalue weighted by Crippen LogP contribution is -2.03. The van der Waals surface area contributed by atoms with E-state index in [0.717, 1.165) is 17.7 Å². The van der Waals surface area contributed by atoms with Crippen LogP contribution in [0.15, 0.2) is 12.3 Å². The highest BCUT2D eigenvalue weighted by Gasteiger charge is 2.14. The van der Waals surface area contributed by atoms with Crippen molar-refractivity contribution >= 4 is 5.78 Å². The largest absolute Gasteiger partial charge is 0.359 e. The molecule has 1 rings (SSSR count). The van der Waals surface area contributed by atoms with E-state index < -0.39 is 0 Å². The molecule has 2 heteroatoms. The van der Waals surface area contributed by atoms with E-state index in [4.69, 9.17) is 0 Å². The van der Waals surface area contributed by atoms with Crippen molar-refractivity contribution in [1.82, 2.24) is 4.98 Å². The maximum absolute atomic E-state index is 11.5. The molecule has 0 saturated heterocycles. The van der Waals surface area contributed by atoms with Crippen LogP contribution < -0.4 is 0 Å². The monoisotopic (exact) mass is 179 g/mol. The summed E-state index contributed by atoms with van der Waals surface area (Å²) in [7, 11) is 0. The summed E-state index contributed by atoms with van der Waals surface area (Å²) < 4.78 is 0. The molecule has 0 aliphatic heterocycles. The number of aromatic nitrogens is 1.